The second-order valence-electron chi connectivity index (χ2n) is 5.43. The van der Waals surface area contributed by atoms with Crippen LogP contribution in [0.2, 0.25) is 0 Å². The molecule has 0 atom stereocenters. The molecule has 1 fully saturated rings. The molecule has 124 valence electrons. The molecule has 1 saturated heterocycles. The third kappa shape index (κ3) is 4.31. The number of benzene rings is 1. The van der Waals surface area contributed by atoms with Crippen molar-refractivity contribution in [1.29, 1.82) is 0 Å². The summed E-state index contributed by atoms with van der Waals surface area (Å²) in [7, 11) is 0. The topological polar surface area (TPSA) is 76.0 Å². The fourth-order valence-corrected chi connectivity index (χ4v) is 3.00. The molecule has 1 aliphatic heterocycles. The first-order chi connectivity index (χ1) is 10.6. The first-order valence-corrected chi connectivity index (χ1v) is 8.07. The van der Waals surface area contributed by atoms with Crippen molar-refractivity contribution in [2.24, 2.45) is 0 Å². The first kappa shape index (κ1) is 17.9. The van der Waals surface area contributed by atoms with Crippen LogP contribution in [-0.4, -0.2) is 34.6 Å². The summed E-state index contributed by atoms with van der Waals surface area (Å²) in [5.74, 6) is -0.148. The van der Waals surface area contributed by atoms with Crippen LogP contribution in [0.1, 0.15) is 12.8 Å². The van der Waals surface area contributed by atoms with Crippen LogP contribution >= 0.6 is 28.3 Å². The summed E-state index contributed by atoms with van der Waals surface area (Å²) in [6.07, 6.45) is 3.27. The van der Waals surface area contributed by atoms with Gasteiger partial charge in [-0.1, -0.05) is 15.9 Å². The number of nitrogens with one attached hydrogen (secondary N) is 2. The van der Waals surface area contributed by atoms with E-state index in [1.54, 1.807) is 12.1 Å². The lowest BCUT2D eigenvalue weighted by atomic mass is 10.1. The van der Waals surface area contributed by atoms with E-state index in [4.69, 9.17) is 0 Å². The zero-order chi connectivity index (χ0) is 15.5. The highest BCUT2D eigenvalue weighted by Crippen LogP contribution is 2.14. The molecule has 1 aromatic heterocycles. The van der Waals surface area contributed by atoms with Crippen molar-refractivity contribution in [3.05, 3.63) is 39.4 Å². The Morgan fingerprint density at radius 2 is 2.13 bits per heavy atom. The summed E-state index contributed by atoms with van der Waals surface area (Å²) in [5.41, 5.74) is 0.426. The van der Waals surface area contributed by atoms with Gasteiger partial charge >= 0.3 is 0 Å². The quantitative estimate of drug-likeness (QED) is 0.816. The third-order valence-corrected chi connectivity index (χ3v) is 4.30. The SMILES string of the molecule is Cl.O=C(Cn1cnc2ccc(Br)cc2c1=O)NC1CCNCC1. The summed E-state index contributed by atoms with van der Waals surface area (Å²) in [4.78, 5) is 28.8. The Bertz CT molecular complexity index is 759. The van der Waals surface area contributed by atoms with Crippen LogP contribution in [0.15, 0.2) is 33.8 Å². The maximum absolute atomic E-state index is 12.4. The second kappa shape index (κ2) is 7.90. The van der Waals surface area contributed by atoms with Gasteiger partial charge in [0.15, 0.2) is 0 Å². The summed E-state index contributed by atoms with van der Waals surface area (Å²) in [6, 6.07) is 5.53. The molecule has 2 aromatic rings. The monoisotopic (exact) mass is 400 g/mol. The van der Waals surface area contributed by atoms with Gasteiger partial charge in [-0.15, -0.1) is 12.4 Å². The van der Waals surface area contributed by atoms with Gasteiger partial charge in [-0.05, 0) is 44.1 Å². The molecule has 6 nitrogen and oxygen atoms in total. The van der Waals surface area contributed by atoms with Crippen LogP contribution in [0, 0.1) is 0 Å². The van der Waals surface area contributed by atoms with Gasteiger partial charge in [0.05, 0.1) is 17.2 Å². The van der Waals surface area contributed by atoms with Gasteiger partial charge in [0.25, 0.3) is 5.56 Å². The Labute approximate surface area is 148 Å². The lowest BCUT2D eigenvalue weighted by Gasteiger charge is -2.23. The molecule has 23 heavy (non-hydrogen) atoms. The molecule has 0 bridgehead atoms. The van der Waals surface area contributed by atoms with Crippen molar-refractivity contribution in [1.82, 2.24) is 20.2 Å². The van der Waals surface area contributed by atoms with E-state index in [2.05, 4.69) is 31.5 Å². The van der Waals surface area contributed by atoms with E-state index < -0.39 is 0 Å². The fourth-order valence-electron chi connectivity index (χ4n) is 2.64. The number of hydrogen-bond donors (Lipinski definition) is 2. The van der Waals surface area contributed by atoms with E-state index in [1.165, 1.54) is 10.9 Å². The molecule has 1 aliphatic rings. The maximum Gasteiger partial charge on any atom is 0.261 e. The van der Waals surface area contributed by atoms with Gasteiger partial charge in [-0.25, -0.2) is 4.98 Å². The van der Waals surface area contributed by atoms with Crippen LogP contribution in [0.4, 0.5) is 0 Å². The molecule has 2 heterocycles. The lowest BCUT2D eigenvalue weighted by molar-refractivity contribution is -0.122. The Hall–Kier alpha value is -1.44. The van der Waals surface area contributed by atoms with Crippen molar-refractivity contribution in [3.63, 3.8) is 0 Å². The Kier molecular flexibility index (Phi) is 6.15. The molecule has 1 amide bonds. The average molecular weight is 402 g/mol. The van der Waals surface area contributed by atoms with Crippen LogP contribution in [-0.2, 0) is 11.3 Å². The van der Waals surface area contributed by atoms with Gasteiger partial charge in [-0.3, -0.25) is 14.2 Å². The van der Waals surface area contributed by atoms with E-state index >= 15 is 0 Å². The lowest BCUT2D eigenvalue weighted by Crippen LogP contribution is -2.44. The molecule has 0 aliphatic carbocycles. The number of aromatic nitrogens is 2. The molecule has 0 unspecified atom stereocenters. The van der Waals surface area contributed by atoms with Gasteiger partial charge in [-0.2, -0.15) is 0 Å². The van der Waals surface area contributed by atoms with Crippen molar-refractivity contribution in [2.45, 2.75) is 25.4 Å². The highest BCUT2D eigenvalue weighted by atomic mass is 79.9. The minimum atomic E-state index is -0.202. The van der Waals surface area contributed by atoms with E-state index in [1.807, 2.05) is 6.07 Å². The van der Waals surface area contributed by atoms with E-state index in [-0.39, 0.29) is 36.5 Å². The summed E-state index contributed by atoms with van der Waals surface area (Å²) in [6.45, 7) is 1.82. The largest absolute Gasteiger partial charge is 0.352 e. The highest BCUT2D eigenvalue weighted by Gasteiger charge is 2.16. The predicted octanol–water partition coefficient (Wildman–Crippen LogP) is 1.45. The molecular weight excluding hydrogens is 384 g/mol. The molecule has 0 saturated carbocycles. The number of rotatable bonds is 3. The zero-order valence-electron chi connectivity index (χ0n) is 12.4. The zero-order valence-corrected chi connectivity index (χ0v) is 14.8. The molecule has 8 heteroatoms. The molecule has 3 rings (SSSR count). The molecular formula is C15H18BrClN4O2. The Balaban J connectivity index is 0.00000192. The van der Waals surface area contributed by atoms with Crippen LogP contribution in [0.3, 0.4) is 0 Å². The number of carbonyl (C=O) groups is 1. The number of piperidine rings is 1. The van der Waals surface area contributed by atoms with Gasteiger partial charge in [0.1, 0.15) is 6.54 Å². The molecule has 0 radical (unpaired) electrons. The van der Waals surface area contributed by atoms with Crippen molar-refractivity contribution in [2.75, 3.05) is 13.1 Å². The standard InChI is InChI=1S/C15H17BrN4O2.ClH/c16-10-1-2-13-12(7-10)15(22)20(9-18-13)8-14(21)19-11-3-5-17-6-4-11;/h1-2,7,9,11,17H,3-6,8H2,(H,19,21);1H. The first-order valence-electron chi connectivity index (χ1n) is 7.28. The summed E-state index contributed by atoms with van der Waals surface area (Å²) in [5, 5.41) is 6.74. The Morgan fingerprint density at radius 1 is 1.39 bits per heavy atom. The predicted molar refractivity (Wildman–Crippen MR) is 95.0 cm³/mol. The third-order valence-electron chi connectivity index (χ3n) is 3.80. The number of amides is 1. The van der Waals surface area contributed by atoms with Crippen LogP contribution in [0.5, 0.6) is 0 Å². The number of nitrogens with zero attached hydrogens (tertiary/aromatic N) is 2. The average Bonchev–Trinajstić information content (AvgIpc) is 2.51. The van der Waals surface area contributed by atoms with E-state index in [9.17, 15) is 9.59 Å². The maximum atomic E-state index is 12.4. The summed E-state index contributed by atoms with van der Waals surface area (Å²) < 4.78 is 2.17. The molecule has 2 N–H and O–H groups in total. The van der Waals surface area contributed by atoms with Gasteiger partial charge in [0.2, 0.25) is 5.91 Å². The normalized spacial score (nSPS) is 15.2. The minimum absolute atomic E-state index is 0. The van der Waals surface area contributed by atoms with Crippen molar-refractivity contribution >= 4 is 45.1 Å². The molecule has 1 aromatic carbocycles. The smallest absolute Gasteiger partial charge is 0.261 e. The van der Waals surface area contributed by atoms with Crippen LogP contribution in [0.25, 0.3) is 10.9 Å². The second-order valence-corrected chi connectivity index (χ2v) is 6.35. The molecule has 0 spiro atoms. The van der Waals surface area contributed by atoms with Crippen molar-refractivity contribution < 1.29 is 4.79 Å². The highest BCUT2D eigenvalue weighted by molar-refractivity contribution is 9.10. The number of hydrogen-bond acceptors (Lipinski definition) is 4. The van der Waals surface area contributed by atoms with Gasteiger partial charge in [0, 0.05) is 10.5 Å². The number of carbonyl (C=O) groups excluding carboxylic acids is 1. The van der Waals surface area contributed by atoms with Crippen molar-refractivity contribution in [3.8, 4) is 0 Å². The van der Waals surface area contributed by atoms with E-state index in [0.29, 0.717) is 10.9 Å². The van der Waals surface area contributed by atoms with E-state index in [0.717, 1.165) is 30.4 Å². The Morgan fingerprint density at radius 3 is 2.87 bits per heavy atom. The fraction of sp³-hybridized carbons (Fsp3) is 0.400. The van der Waals surface area contributed by atoms with Gasteiger partial charge < -0.3 is 10.6 Å². The summed E-state index contributed by atoms with van der Waals surface area (Å²) >= 11 is 3.35. The minimum Gasteiger partial charge on any atom is -0.352 e. The van der Waals surface area contributed by atoms with Crippen LogP contribution < -0.4 is 16.2 Å². The number of halogens is 2. The number of fused-ring (bicyclic) bond motifs is 1.